The highest BCUT2D eigenvalue weighted by atomic mass is 32.1. The monoisotopic (exact) mass is 446 g/mol. The molecule has 32 heavy (non-hydrogen) atoms. The van der Waals surface area contributed by atoms with Crippen molar-refractivity contribution in [2.24, 2.45) is 11.8 Å². The fourth-order valence-corrected chi connectivity index (χ4v) is 6.53. The fourth-order valence-electron chi connectivity index (χ4n) is 5.55. The lowest BCUT2D eigenvalue weighted by Crippen LogP contribution is -2.25. The van der Waals surface area contributed by atoms with E-state index in [0.29, 0.717) is 30.1 Å². The van der Waals surface area contributed by atoms with Crippen LogP contribution in [-0.2, 0) is 6.42 Å². The highest BCUT2D eigenvalue weighted by Crippen LogP contribution is 2.37. The summed E-state index contributed by atoms with van der Waals surface area (Å²) in [4.78, 5) is 21.0. The van der Waals surface area contributed by atoms with Crippen molar-refractivity contribution in [2.45, 2.75) is 70.8 Å². The van der Waals surface area contributed by atoms with E-state index in [1.807, 2.05) is 24.3 Å². The quantitative estimate of drug-likeness (QED) is 0.323. The molecule has 2 fully saturated rings. The SMILES string of the molecule is CCN(c1nc(CC(CC(=O)c2cccc3ccccc23)C2CCCCC2)cs1)C1CC1. The smallest absolute Gasteiger partial charge is 0.185 e. The lowest BCUT2D eigenvalue weighted by molar-refractivity contribution is 0.0932. The number of hydrogen-bond acceptors (Lipinski definition) is 4. The summed E-state index contributed by atoms with van der Waals surface area (Å²) < 4.78 is 0. The number of carbonyl (C=O) groups is 1. The topological polar surface area (TPSA) is 33.2 Å². The maximum Gasteiger partial charge on any atom is 0.185 e. The molecule has 2 aliphatic carbocycles. The summed E-state index contributed by atoms with van der Waals surface area (Å²) in [5.74, 6) is 1.31. The number of aromatic nitrogens is 1. The first-order chi connectivity index (χ1) is 15.7. The molecule has 2 aliphatic rings. The Kier molecular flexibility index (Phi) is 6.59. The minimum atomic E-state index is 0.293. The van der Waals surface area contributed by atoms with Gasteiger partial charge in [0.2, 0.25) is 0 Å². The molecule has 5 rings (SSSR count). The molecule has 0 spiro atoms. The Hall–Kier alpha value is -2.20. The van der Waals surface area contributed by atoms with Crippen LogP contribution in [0.2, 0.25) is 0 Å². The zero-order chi connectivity index (χ0) is 21.9. The van der Waals surface area contributed by atoms with Gasteiger partial charge in [0.25, 0.3) is 0 Å². The summed E-state index contributed by atoms with van der Waals surface area (Å²) in [5, 5.41) is 5.66. The predicted octanol–water partition coefficient (Wildman–Crippen LogP) is 7.30. The lowest BCUT2D eigenvalue weighted by Gasteiger charge is -2.30. The Bertz CT molecular complexity index is 1060. The van der Waals surface area contributed by atoms with Crippen molar-refractivity contribution in [3.8, 4) is 0 Å². The maximum atomic E-state index is 13.5. The summed E-state index contributed by atoms with van der Waals surface area (Å²) in [6, 6.07) is 15.1. The zero-order valence-electron chi connectivity index (χ0n) is 19.1. The molecule has 0 amide bonds. The van der Waals surface area contributed by atoms with Gasteiger partial charge in [-0.2, -0.15) is 0 Å². The van der Waals surface area contributed by atoms with Crippen LogP contribution in [0.15, 0.2) is 47.8 Å². The van der Waals surface area contributed by atoms with Crippen molar-refractivity contribution in [1.29, 1.82) is 0 Å². The summed E-state index contributed by atoms with van der Waals surface area (Å²) in [6.07, 6.45) is 10.6. The number of fused-ring (bicyclic) bond motifs is 1. The van der Waals surface area contributed by atoms with Crippen molar-refractivity contribution in [1.82, 2.24) is 4.98 Å². The second kappa shape index (κ2) is 9.74. The number of rotatable bonds is 9. The molecule has 2 saturated carbocycles. The van der Waals surface area contributed by atoms with Crippen LogP contribution in [0.5, 0.6) is 0 Å². The van der Waals surface area contributed by atoms with Gasteiger partial charge in [-0.15, -0.1) is 11.3 Å². The first kappa shape index (κ1) is 21.6. The van der Waals surface area contributed by atoms with Crippen LogP contribution >= 0.6 is 11.3 Å². The van der Waals surface area contributed by atoms with Gasteiger partial charge in [0.1, 0.15) is 0 Å². The third-order valence-electron chi connectivity index (χ3n) is 7.44. The lowest BCUT2D eigenvalue weighted by atomic mass is 9.75. The molecule has 1 atom stereocenters. The van der Waals surface area contributed by atoms with Crippen molar-refractivity contribution in [3.63, 3.8) is 0 Å². The van der Waals surface area contributed by atoms with Gasteiger partial charge in [-0.3, -0.25) is 4.79 Å². The number of anilines is 1. The van der Waals surface area contributed by atoms with Gasteiger partial charge < -0.3 is 4.90 Å². The molecule has 168 valence electrons. The normalized spacial score (nSPS) is 18.0. The Balaban J connectivity index is 1.36. The van der Waals surface area contributed by atoms with Gasteiger partial charge in [-0.1, -0.05) is 74.6 Å². The molecule has 0 saturated heterocycles. The van der Waals surface area contributed by atoms with Gasteiger partial charge in [-0.25, -0.2) is 4.98 Å². The number of benzene rings is 2. The number of carbonyl (C=O) groups excluding carboxylic acids is 1. The van der Waals surface area contributed by atoms with Crippen LogP contribution in [0.1, 0.15) is 74.3 Å². The van der Waals surface area contributed by atoms with Gasteiger partial charge in [0.05, 0.1) is 5.69 Å². The Morgan fingerprint density at radius 1 is 1.06 bits per heavy atom. The van der Waals surface area contributed by atoms with Gasteiger partial charge >= 0.3 is 0 Å². The molecule has 1 unspecified atom stereocenters. The number of hydrogen-bond donors (Lipinski definition) is 0. The number of thiazole rings is 1. The van der Waals surface area contributed by atoms with E-state index < -0.39 is 0 Å². The average molecular weight is 447 g/mol. The number of Topliss-reactive ketones (excluding diaryl/α,β-unsaturated/α-hetero) is 1. The van der Waals surface area contributed by atoms with Crippen LogP contribution in [0.25, 0.3) is 10.8 Å². The first-order valence-corrected chi connectivity index (χ1v) is 13.3. The molecule has 0 radical (unpaired) electrons. The molecule has 3 aromatic rings. The van der Waals surface area contributed by atoms with Gasteiger partial charge in [0.15, 0.2) is 10.9 Å². The van der Waals surface area contributed by atoms with E-state index in [2.05, 4.69) is 35.4 Å². The Morgan fingerprint density at radius 3 is 2.62 bits per heavy atom. The highest BCUT2D eigenvalue weighted by molar-refractivity contribution is 7.13. The molecule has 1 aromatic heterocycles. The Labute approximate surface area is 195 Å². The van der Waals surface area contributed by atoms with E-state index >= 15 is 0 Å². The second-order valence-electron chi connectivity index (χ2n) is 9.65. The van der Waals surface area contributed by atoms with Crippen LogP contribution in [0, 0.1) is 11.8 Å². The second-order valence-corrected chi connectivity index (χ2v) is 10.5. The first-order valence-electron chi connectivity index (χ1n) is 12.4. The van der Waals surface area contributed by atoms with E-state index in [1.165, 1.54) is 55.8 Å². The summed E-state index contributed by atoms with van der Waals surface area (Å²) in [7, 11) is 0. The summed E-state index contributed by atoms with van der Waals surface area (Å²) in [6.45, 7) is 3.26. The van der Waals surface area contributed by atoms with Gasteiger partial charge in [0, 0.05) is 30.0 Å². The third kappa shape index (κ3) is 4.76. The number of ketones is 1. The molecular formula is C28H34N2OS. The maximum absolute atomic E-state index is 13.5. The van der Waals surface area contributed by atoms with E-state index in [4.69, 9.17) is 4.98 Å². The van der Waals surface area contributed by atoms with Crippen LogP contribution in [-0.4, -0.2) is 23.4 Å². The van der Waals surface area contributed by atoms with E-state index in [-0.39, 0.29) is 0 Å². The fraction of sp³-hybridized carbons (Fsp3) is 0.500. The largest absolute Gasteiger partial charge is 0.345 e. The van der Waals surface area contributed by atoms with E-state index in [1.54, 1.807) is 11.3 Å². The van der Waals surface area contributed by atoms with Gasteiger partial charge in [-0.05, 0) is 48.8 Å². The van der Waals surface area contributed by atoms with Crippen LogP contribution in [0.3, 0.4) is 0 Å². The van der Waals surface area contributed by atoms with E-state index in [0.717, 1.165) is 29.3 Å². The zero-order valence-corrected chi connectivity index (χ0v) is 19.9. The Morgan fingerprint density at radius 2 is 1.84 bits per heavy atom. The molecule has 4 heteroatoms. The average Bonchev–Trinajstić information content (AvgIpc) is 3.57. The summed E-state index contributed by atoms with van der Waals surface area (Å²) >= 11 is 1.79. The molecule has 0 aliphatic heterocycles. The van der Waals surface area contributed by atoms with Crippen molar-refractivity contribution in [2.75, 3.05) is 11.4 Å². The summed E-state index contributed by atoms with van der Waals surface area (Å²) in [5.41, 5.74) is 2.07. The van der Waals surface area contributed by atoms with Crippen LogP contribution in [0.4, 0.5) is 5.13 Å². The molecular weight excluding hydrogens is 412 g/mol. The third-order valence-corrected chi connectivity index (χ3v) is 8.37. The predicted molar refractivity (Wildman–Crippen MR) is 135 cm³/mol. The van der Waals surface area contributed by atoms with Crippen molar-refractivity contribution < 1.29 is 4.79 Å². The highest BCUT2D eigenvalue weighted by Gasteiger charge is 2.31. The molecule has 2 aromatic carbocycles. The minimum absolute atomic E-state index is 0.293. The molecule has 3 nitrogen and oxygen atoms in total. The molecule has 1 heterocycles. The molecule has 0 N–H and O–H groups in total. The minimum Gasteiger partial charge on any atom is -0.345 e. The van der Waals surface area contributed by atoms with E-state index in [9.17, 15) is 4.79 Å². The number of nitrogens with zero attached hydrogens (tertiary/aromatic N) is 2. The van der Waals surface area contributed by atoms with Crippen molar-refractivity contribution in [3.05, 3.63) is 59.1 Å². The van der Waals surface area contributed by atoms with Crippen LogP contribution < -0.4 is 4.90 Å². The van der Waals surface area contributed by atoms with Crippen molar-refractivity contribution >= 4 is 33.0 Å². The molecule has 0 bridgehead atoms. The standard InChI is InChI=1S/C28H34N2OS/c1-2-30(24-15-16-24)28-29-23(19-32-28)17-22(20-9-4-3-5-10-20)18-27(31)26-14-8-12-21-11-6-7-13-25(21)26/h6-8,11-14,19-20,22,24H,2-5,9-10,15-18H2,1H3.